The summed E-state index contributed by atoms with van der Waals surface area (Å²) in [6.45, 7) is 4.55. The van der Waals surface area contributed by atoms with Crippen molar-refractivity contribution in [1.29, 1.82) is 0 Å². The monoisotopic (exact) mass is 272 g/mol. The Hall–Kier alpha value is -2.10. The lowest BCUT2D eigenvalue weighted by atomic mass is 10.1. The van der Waals surface area contributed by atoms with Crippen LogP contribution in [0.15, 0.2) is 34.1 Å². The molecule has 106 valence electrons. The van der Waals surface area contributed by atoms with E-state index in [1.54, 1.807) is 18.5 Å². The molecule has 4 nitrogen and oxygen atoms in total. The number of nitrogens with zero attached hydrogens (tertiary/aromatic N) is 2. The van der Waals surface area contributed by atoms with E-state index < -0.39 is 0 Å². The number of hydrogen-bond acceptors (Lipinski definition) is 3. The molecule has 1 aromatic carbocycles. The Labute approximate surface area is 118 Å². The van der Waals surface area contributed by atoms with Crippen LogP contribution in [0.2, 0.25) is 0 Å². The predicted molar refractivity (Wildman–Crippen MR) is 82.8 cm³/mol. The maximum atomic E-state index is 12.4. The number of aryl methyl sites for hydroxylation is 1. The number of pyridine rings is 1. The summed E-state index contributed by atoms with van der Waals surface area (Å²) >= 11 is 0. The second-order valence-corrected chi connectivity index (χ2v) is 4.93. The average Bonchev–Trinajstić information content (AvgIpc) is 2.45. The first-order valence-corrected chi connectivity index (χ1v) is 6.90. The summed E-state index contributed by atoms with van der Waals surface area (Å²) in [6.07, 6.45) is 2.03. The lowest BCUT2D eigenvalue weighted by Crippen LogP contribution is -2.24. The fraction of sp³-hybridized carbons (Fsp3) is 0.375. The van der Waals surface area contributed by atoms with Crippen LogP contribution >= 0.6 is 0 Å². The maximum absolute atomic E-state index is 12.4. The normalized spacial score (nSPS) is 12.1. The summed E-state index contributed by atoms with van der Waals surface area (Å²) in [7, 11) is 1.72. The fourth-order valence-corrected chi connectivity index (χ4v) is 2.29. The van der Waals surface area contributed by atoms with Crippen molar-refractivity contribution in [2.24, 2.45) is 12.0 Å². The highest BCUT2D eigenvalue weighted by atomic mass is 16.3. The largest absolute Gasteiger partial charge is 0.506 e. The molecule has 0 saturated carbocycles. The van der Waals surface area contributed by atoms with Crippen LogP contribution < -0.4 is 5.56 Å². The summed E-state index contributed by atoms with van der Waals surface area (Å²) in [4.78, 5) is 16.8. The molecule has 0 saturated heterocycles. The second-order valence-electron chi connectivity index (χ2n) is 4.93. The molecule has 0 amide bonds. The highest BCUT2D eigenvalue weighted by Crippen LogP contribution is 2.26. The molecular formula is C16H20N2O2. The van der Waals surface area contributed by atoms with Gasteiger partial charge in [-0.15, -0.1) is 0 Å². The number of fused-ring (bicyclic) bond motifs is 1. The number of aromatic nitrogens is 1. The van der Waals surface area contributed by atoms with Crippen LogP contribution in [-0.2, 0) is 7.05 Å². The van der Waals surface area contributed by atoms with Gasteiger partial charge in [-0.05, 0) is 25.5 Å². The predicted octanol–water partition coefficient (Wildman–Crippen LogP) is 2.85. The first kappa shape index (κ1) is 14.3. The first-order valence-electron chi connectivity index (χ1n) is 6.90. The van der Waals surface area contributed by atoms with Gasteiger partial charge in [0.25, 0.3) is 5.56 Å². The third-order valence-corrected chi connectivity index (χ3v) is 3.50. The van der Waals surface area contributed by atoms with Gasteiger partial charge in [0.15, 0.2) is 0 Å². The molecular weight excluding hydrogens is 252 g/mol. The van der Waals surface area contributed by atoms with Gasteiger partial charge in [0.1, 0.15) is 11.3 Å². The van der Waals surface area contributed by atoms with Gasteiger partial charge in [-0.1, -0.05) is 25.5 Å². The Morgan fingerprint density at radius 1 is 1.35 bits per heavy atom. The molecule has 4 heteroatoms. The molecule has 1 heterocycles. The van der Waals surface area contributed by atoms with Crippen LogP contribution in [-0.4, -0.2) is 21.9 Å². The number of rotatable bonds is 4. The van der Waals surface area contributed by atoms with E-state index in [4.69, 9.17) is 0 Å². The summed E-state index contributed by atoms with van der Waals surface area (Å²) in [5, 5.41) is 11.1. The Kier molecular flexibility index (Phi) is 4.23. The molecule has 0 unspecified atom stereocenters. The zero-order valence-corrected chi connectivity index (χ0v) is 12.2. The molecule has 0 aliphatic rings. The zero-order chi connectivity index (χ0) is 14.7. The van der Waals surface area contributed by atoms with E-state index in [-0.39, 0.29) is 11.3 Å². The quantitative estimate of drug-likeness (QED) is 0.687. The van der Waals surface area contributed by atoms with E-state index in [1.165, 1.54) is 0 Å². The number of benzene rings is 1. The topological polar surface area (TPSA) is 54.6 Å². The van der Waals surface area contributed by atoms with Crippen molar-refractivity contribution in [3.63, 3.8) is 0 Å². The van der Waals surface area contributed by atoms with Crippen molar-refractivity contribution in [1.82, 2.24) is 4.57 Å². The van der Waals surface area contributed by atoms with Gasteiger partial charge in [-0.3, -0.25) is 9.79 Å². The zero-order valence-electron chi connectivity index (χ0n) is 12.2. The molecule has 2 aromatic rings. The third kappa shape index (κ3) is 2.46. The molecule has 1 aromatic heterocycles. The minimum absolute atomic E-state index is 0.0291. The molecule has 0 atom stereocenters. The van der Waals surface area contributed by atoms with Crippen LogP contribution in [0.3, 0.4) is 0 Å². The van der Waals surface area contributed by atoms with Crippen LogP contribution in [0.1, 0.15) is 32.3 Å². The Morgan fingerprint density at radius 3 is 2.75 bits per heavy atom. The molecule has 0 aliphatic carbocycles. The van der Waals surface area contributed by atoms with Crippen LogP contribution in [0.5, 0.6) is 5.75 Å². The molecule has 0 bridgehead atoms. The van der Waals surface area contributed by atoms with Crippen molar-refractivity contribution in [3.05, 3.63) is 40.2 Å². The van der Waals surface area contributed by atoms with E-state index in [0.717, 1.165) is 18.4 Å². The molecule has 20 heavy (non-hydrogen) atoms. The van der Waals surface area contributed by atoms with E-state index in [2.05, 4.69) is 11.9 Å². The molecule has 2 rings (SSSR count). The van der Waals surface area contributed by atoms with Crippen molar-refractivity contribution < 1.29 is 5.11 Å². The Balaban J connectivity index is 2.65. The van der Waals surface area contributed by atoms with E-state index in [0.29, 0.717) is 23.2 Å². The molecule has 0 fully saturated rings. The molecule has 1 N–H and O–H groups in total. The third-order valence-electron chi connectivity index (χ3n) is 3.50. The highest BCUT2D eigenvalue weighted by molar-refractivity contribution is 6.05. The summed E-state index contributed by atoms with van der Waals surface area (Å²) in [5.41, 5.74) is 1.42. The minimum atomic E-state index is -0.209. The number of hydrogen-bond donors (Lipinski definition) is 1. The van der Waals surface area contributed by atoms with Crippen molar-refractivity contribution in [3.8, 4) is 5.75 Å². The highest BCUT2D eigenvalue weighted by Gasteiger charge is 2.16. The van der Waals surface area contributed by atoms with Crippen LogP contribution in [0.4, 0.5) is 0 Å². The fourth-order valence-electron chi connectivity index (χ4n) is 2.29. The number of unbranched alkanes of at least 4 members (excludes halogenated alkanes) is 1. The first-order chi connectivity index (χ1) is 9.57. The lowest BCUT2D eigenvalue weighted by molar-refractivity contribution is 0.478. The average molecular weight is 272 g/mol. The maximum Gasteiger partial charge on any atom is 0.263 e. The minimum Gasteiger partial charge on any atom is -0.506 e. The Bertz CT molecular complexity index is 714. The van der Waals surface area contributed by atoms with Gasteiger partial charge in [0.05, 0.1) is 5.52 Å². The Morgan fingerprint density at radius 2 is 2.05 bits per heavy atom. The summed E-state index contributed by atoms with van der Waals surface area (Å²) in [5.74, 6) is 0.0291. The summed E-state index contributed by atoms with van der Waals surface area (Å²) < 4.78 is 1.56. The van der Waals surface area contributed by atoms with Gasteiger partial charge < -0.3 is 9.67 Å². The van der Waals surface area contributed by atoms with Crippen LogP contribution in [0, 0.1) is 0 Å². The second kappa shape index (κ2) is 5.90. The van der Waals surface area contributed by atoms with Crippen LogP contribution in [0.25, 0.3) is 10.9 Å². The van der Waals surface area contributed by atoms with Crippen molar-refractivity contribution in [2.45, 2.75) is 26.7 Å². The van der Waals surface area contributed by atoms with Gasteiger partial charge in [0, 0.05) is 24.7 Å². The van der Waals surface area contributed by atoms with E-state index in [9.17, 15) is 9.90 Å². The van der Waals surface area contributed by atoms with Crippen molar-refractivity contribution >= 4 is 16.6 Å². The van der Waals surface area contributed by atoms with Gasteiger partial charge in [0.2, 0.25) is 0 Å². The van der Waals surface area contributed by atoms with E-state index >= 15 is 0 Å². The van der Waals surface area contributed by atoms with E-state index in [1.807, 2.05) is 24.3 Å². The van der Waals surface area contributed by atoms with Gasteiger partial charge >= 0.3 is 0 Å². The number of aliphatic imine (C=N–C) groups is 1. The lowest BCUT2D eigenvalue weighted by Gasteiger charge is -2.11. The standard InChI is InChI=1S/C16H20N2O2/c1-4-5-10-17-11(2)14-15(19)12-8-6-7-9-13(12)18(3)16(14)20/h6-9,19H,4-5,10H2,1-3H3. The number of aromatic hydroxyl groups is 1. The van der Waals surface area contributed by atoms with Crippen molar-refractivity contribution in [2.75, 3.05) is 6.54 Å². The number of para-hydroxylation sites is 1. The molecule has 0 aliphatic heterocycles. The summed E-state index contributed by atoms with van der Waals surface area (Å²) in [6, 6.07) is 7.33. The molecule has 0 radical (unpaired) electrons. The van der Waals surface area contributed by atoms with Gasteiger partial charge in [-0.2, -0.15) is 0 Å². The van der Waals surface area contributed by atoms with Gasteiger partial charge in [-0.25, -0.2) is 0 Å². The molecule has 0 spiro atoms. The SMILES string of the molecule is CCCCN=C(C)c1c(O)c2ccccc2n(C)c1=O. The smallest absolute Gasteiger partial charge is 0.263 e.